The first-order valence-electron chi connectivity index (χ1n) is 13.0. The quantitative estimate of drug-likeness (QED) is 0.460. The smallest absolute Gasteiger partial charge is 0.411 e. The number of alkyl halides is 3. The van der Waals surface area contributed by atoms with Gasteiger partial charge in [-0.3, -0.25) is 9.47 Å². The average Bonchev–Trinajstić information content (AvgIpc) is 3.11. The van der Waals surface area contributed by atoms with E-state index < -0.39 is 24.9 Å². The number of benzene rings is 1. The third kappa shape index (κ3) is 3.76. The topological polar surface area (TPSA) is 68.5 Å². The summed E-state index contributed by atoms with van der Waals surface area (Å²) in [5.41, 5.74) is 0.572. The minimum Gasteiger partial charge on any atom is -0.493 e. The molecule has 2 saturated heterocycles. The van der Waals surface area contributed by atoms with Gasteiger partial charge in [-0.2, -0.15) is 13.2 Å². The van der Waals surface area contributed by atoms with Crippen LogP contribution in [0.5, 0.6) is 5.75 Å². The normalized spacial score (nSPS) is 21.8. The number of aromatic nitrogens is 4. The molecule has 0 amide bonds. The van der Waals surface area contributed by atoms with E-state index in [0.29, 0.717) is 10.8 Å². The molecule has 1 aromatic carbocycles. The maximum absolute atomic E-state index is 14.2. The van der Waals surface area contributed by atoms with Crippen molar-refractivity contribution in [2.24, 2.45) is 5.41 Å². The van der Waals surface area contributed by atoms with Crippen LogP contribution in [0.4, 0.5) is 19.0 Å². The van der Waals surface area contributed by atoms with E-state index >= 15 is 0 Å². The molecule has 3 aliphatic heterocycles. The molecule has 12 heteroatoms. The lowest BCUT2D eigenvalue weighted by Gasteiger charge is -2.59. The third-order valence-corrected chi connectivity index (χ3v) is 9.06. The van der Waals surface area contributed by atoms with Crippen molar-refractivity contribution >= 4 is 17.4 Å². The van der Waals surface area contributed by atoms with Gasteiger partial charge in [0.15, 0.2) is 22.9 Å². The number of fused-ring (bicyclic) bond motifs is 3. The van der Waals surface area contributed by atoms with Crippen molar-refractivity contribution in [3.63, 3.8) is 0 Å². The molecule has 3 aromatic rings. The molecule has 4 aliphatic rings. The van der Waals surface area contributed by atoms with E-state index in [1.165, 1.54) is 4.90 Å². The van der Waals surface area contributed by atoms with Gasteiger partial charge in [0.25, 0.3) is 0 Å². The van der Waals surface area contributed by atoms with Crippen LogP contribution in [0, 0.1) is 12.3 Å². The first-order chi connectivity index (χ1) is 18.6. The summed E-state index contributed by atoms with van der Waals surface area (Å²) >= 11 is 6.31. The van der Waals surface area contributed by atoms with Crippen molar-refractivity contribution in [3.05, 3.63) is 58.3 Å². The summed E-state index contributed by atoms with van der Waals surface area (Å²) in [5, 5.41) is 9.45. The Balaban J connectivity index is 1.16. The van der Waals surface area contributed by atoms with Crippen molar-refractivity contribution in [1.29, 1.82) is 0 Å². The second-order valence-corrected chi connectivity index (χ2v) is 11.8. The van der Waals surface area contributed by atoms with Gasteiger partial charge >= 0.3 is 6.18 Å². The van der Waals surface area contributed by atoms with Crippen LogP contribution in [-0.2, 0) is 17.8 Å². The van der Waals surface area contributed by atoms with E-state index in [-0.39, 0.29) is 24.4 Å². The number of hydrogen-bond donors (Lipinski definition) is 0. The molecule has 7 rings (SSSR count). The first kappa shape index (κ1) is 25.1. The number of rotatable bonds is 4. The molecule has 0 atom stereocenters. The highest BCUT2D eigenvalue weighted by Crippen LogP contribution is 2.57. The monoisotopic (exact) mass is 560 g/mol. The predicted octanol–water partition coefficient (Wildman–Crippen LogP) is 4.66. The van der Waals surface area contributed by atoms with Gasteiger partial charge in [-0.15, -0.1) is 10.2 Å². The molecule has 206 valence electrons. The Labute approximate surface area is 228 Å². The number of ether oxygens (including phenoxy) is 2. The Morgan fingerprint density at radius 3 is 2.51 bits per heavy atom. The Morgan fingerprint density at radius 2 is 1.85 bits per heavy atom. The number of aryl methyl sites for hydroxylation is 1. The van der Waals surface area contributed by atoms with E-state index in [0.717, 1.165) is 60.3 Å². The van der Waals surface area contributed by atoms with Gasteiger partial charge in [0.2, 0.25) is 0 Å². The minimum absolute atomic E-state index is 0.0205. The summed E-state index contributed by atoms with van der Waals surface area (Å²) in [6.45, 7) is 3.06. The van der Waals surface area contributed by atoms with Crippen LogP contribution >= 0.6 is 11.6 Å². The highest BCUT2D eigenvalue weighted by molar-refractivity contribution is 6.30. The van der Waals surface area contributed by atoms with Crippen molar-refractivity contribution in [2.75, 3.05) is 38.3 Å². The van der Waals surface area contributed by atoms with Crippen LogP contribution in [0.3, 0.4) is 0 Å². The van der Waals surface area contributed by atoms with Gasteiger partial charge in [-0.05, 0) is 55.7 Å². The highest BCUT2D eigenvalue weighted by atomic mass is 35.5. The third-order valence-electron chi connectivity index (χ3n) is 8.82. The average molecular weight is 561 g/mol. The van der Waals surface area contributed by atoms with E-state index in [1.54, 1.807) is 19.2 Å². The zero-order valence-corrected chi connectivity index (χ0v) is 22.4. The zero-order chi connectivity index (χ0) is 27.2. The Morgan fingerprint density at radius 1 is 1.08 bits per heavy atom. The molecule has 8 nitrogen and oxygen atoms in total. The first-order valence-corrected chi connectivity index (χ1v) is 13.4. The van der Waals surface area contributed by atoms with Gasteiger partial charge in [-0.25, -0.2) is 4.98 Å². The van der Waals surface area contributed by atoms with Crippen LogP contribution < -0.4 is 9.64 Å². The molecule has 0 N–H and O–H groups in total. The maximum Gasteiger partial charge on any atom is 0.411 e. The van der Waals surface area contributed by atoms with Crippen LogP contribution in [0.15, 0.2) is 30.3 Å². The summed E-state index contributed by atoms with van der Waals surface area (Å²) in [7, 11) is 1.66. The number of pyridine rings is 1. The van der Waals surface area contributed by atoms with Gasteiger partial charge in [0.05, 0.1) is 32.6 Å². The zero-order valence-electron chi connectivity index (χ0n) is 21.6. The number of nitrogens with zero attached hydrogens (tertiary/aromatic N) is 6. The number of halogens is 4. The van der Waals surface area contributed by atoms with Crippen LogP contribution in [0.2, 0.25) is 5.02 Å². The molecule has 1 aliphatic carbocycles. The second-order valence-electron chi connectivity index (χ2n) is 11.4. The number of methoxy groups -OCH3 is 1. The molecule has 1 spiro atoms. The van der Waals surface area contributed by atoms with Gasteiger partial charge in [-0.1, -0.05) is 11.6 Å². The lowest BCUT2D eigenvalue weighted by molar-refractivity contribution is -0.310. The Bertz CT molecular complexity index is 1440. The molecule has 0 unspecified atom stereocenters. The number of hydrogen-bond acceptors (Lipinski definition) is 7. The molecule has 3 fully saturated rings. The molecular formula is C27H28ClF3N6O2. The van der Waals surface area contributed by atoms with Crippen molar-refractivity contribution in [1.82, 2.24) is 24.6 Å². The predicted molar refractivity (Wildman–Crippen MR) is 137 cm³/mol. The Hall–Kier alpha value is -2.89. The fraction of sp³-hybridized carbons (Fsp3) is 0.519. The summed E-state index contributed by atoms with van der Waals surface area (Å²) in [6.07, 6.45) is -2.57. The minimum atomic E-state index is -4.44. The number of anilines is 1. The van der Waals surface area contributed by atoms with E-state index in [1.807, 2.05) is 29.7 Å². The summed E-state index contributed by atoms with van der Waals surface area (Å²) in [4.78, 5) is 8.36. The molecule has 5 heterocycles. The SMILES string of the molecule is COc1ccc(C)nc1N1CC2(CC(c3nnc4n3-c3ccc(Cl)cc3CN(C3(C(F)(F)F)COC3)C4)C2)C1. The molecular weight excluding hydrogens is 533 g/mol. The summed E-state index contributed by atoms with van der Waals surface area (Å²) < 4.78 is 55.3. The molecule has 0 radical (unpaired) electrons. The van der Waals surface area contributed by atoms with E-state index in [2.05, 4.69) is 20.1 Å². The second kappa shape index (κ2) is 8.55. The summed E-state index contributed by atoms with van der Waals surface area (Å²) in [5.74, 6) is 3.11. The van der Waals surface area contributed by atoms with Crippen LogP contribution in [-0.4, -0.2) is 69.8 Å². The van der Waals surface area contributed by atoms with Crippen molar-refractivity contribution < 1.29 is 22.6 Å². The van der Waals surface area contributed by atoms with Gasteiger partial charge < -0.3 is 14.4 Å². The fourth-order valence-corrected chi connectivity index (χ4v) is 6.86. The van der Waals surface area contributed by atoms with E-state index in [9.17, 15) is 13.2 Å². The standard InChI is InChI=1S/C27H28ClF3N6O2/c1-16-3-6-21(38-2)24(32-16)35-12-25(13-35)8-18(9-25)23-34-33-22-11-36(26(14-39-15-26)27(29,30)31)10-17-7-19(28)4-5-20(17)37(22)23/h3-7,18H,8-15H2,1-2H3. The molecule has 0 bridgehead atoms. The fourth-order valence-electron chi connectivity index (χ4n) is 6.67. The molecule has 39 heavy (non-hydrogen) atoms. The largest absolute Gasteiger partial charge is 0.493 e. The Kier molecular flexibility index (Phi) is 5.51. The molecule has 2 aromatic heterocycles. The van der Waals surface area contributed by atoms with Crippen LogP contribution in [0.25, 0.3) is 5.69 Å². The summed E-state index contributed by atoms with van der Waals surface area (Å²) in [6, 6.07) is 9.27. The van der Waals surface area contributed by atoms with Crippen molar-refractivity contribution in [3.8, 4) is 11.4 Å². The van der Waals surface area contributed by atoms with E-state index in [4.69, 9.17) is 21.1 Å². The highest BCUT2D eigenvalue weighted by Gasteiger charge is 2.64. The van der Waals surface area contributed by atoms with Gasteiger partial charge in [0, 0.05) is 41.7 Å². The van der Waals surface area contributed by atoms with Crippen LogP contribution in [0.1, 0.15) is 41.7 Å². The van der Waals surface area contributed by atoms with Crippen molar-refractivity contribution in [2.45, 2.75) is 50.5 Å². The lowest BCUT2D eigenvalue weighted by atomic mass is 9.57. The lowest BCUT2D eigenvalue weighted by Crippen LogP contribution is -2.69. The van der Waals surface area contributed by atoms with Gasteiger partial charge in [0.1, 0.15) is 5.82 Å². The maximum atomic E-state index is 14.2. The molecule has 1 saturated carbocycles.